The number of amides is 2. The van der Waals surface area contributed by atoms with E-state index >= 15 is 0 Å². The number of carboxylic acids is 1. The second-order valence-electron chi connectivity index (χ2n) is 5.52. The Labute approximate surface area is 128 Å². The lowest BCUT2D eigenvalue weighted by atomic mass is 9.86. The zero-order chi connectivity index (χ0) is 15.4. The van der Waals surface area contributed by atoms with Crippen LogP contribution in [-0.2, 0) is 6.54 Å². The van der Waals surface area contributed by atoms with Crippen LogP contribution in [0.2, 0.25) is 0 Å². The highest BCUT2D eigenvalue weighted by Gasteiger charge is 2.22. The van der Waals surface area contributed by atoms with Crippen molar-refractivity contribution in [2.45, 2.75) is 52.1 Å². The lowest BCUT2D eigenvalue weighted by Crippen LogP contribution is -2.45. The number of rotatable bonds is 4. The van der Waals surface area contributed by atoms with Crippen LogP contribution in [0.5, 0.6) is 0 Å². The molecule has 0 aliphatic heterocycles. The molecule has 1 aromatic rings. The van der Waals surface area contributed by atoms with Gasteiger partial charge in [0, 0.05) is 6.04 Å². The number of aromatic carboxylic acids is 1. The molecule has 116 valence electrons. The average Bonchev–Trinajstić information content (AvgIpc) is 2.80. The molecule has 1 aromatic heterocycles. The van der Waals surface area contributed by atoms with Gasteiger partial charge in [0.2, 0.25) is 0 Å². The van der Waals surface area contributed by atoms with Gasteiger partial charge in [0.25, 0.3) is 0 Å². The molecule has 2 rings (SSSR count). The van der Waals surface area contributed by atoms with Crippen LogP contribution in [-0.4, -0.2) is 28.1 Å². The molecule has 3 N–H and O–H groups in total. The van der Waals surface area contributed by atoms with Gasteiger partial charge in [-0.1, -0.05) is 19.8 Å². The van der Waals surface area contributed by atoms with Crippen LogP contribution in [0.4, 0.5) is 4.79 Å². The first kappa shape index (κ1) is 15.8. The molecule has 1 fully saturated rings. The monoisotopic (exact) mass is 311 g/mol. The number of urea groups is 1. The standard InChI is InChI=1S/C14H21N3O3S/c1-8-5-3-4-6-10(8)17-14(20)15-7-11-16-9(2)12(21-11)13(18)19/h8,10H,3-7H2,1-2H3,(H,18,19)(H2,15,17,20). The molecule has 0 saturated heterocycles. The summed E-state index contributed by atoms with van der Waals surface area (Å²) in [4.78, 5) is 27.2. The van der Waals surface area contributed by atoms with Crippen LogP contribution < -0.4 is 10.6 Å². The lowest BCUT2D eigenvalue weighted by molar-refractivity contribution is 0.0701. The maximum Gasteiger partial charge on any atom is 0.347 e. The van der Waals surface area contributed by atoms with Gasteiger partial charge in [-0.25, -0.2) is 14.6 Å². The minimum atomic E-state index is -0.975. The van der Waals surface area contributed by atoms with Gasteiger partial charge in [-0.15, -0.1) is 11.3 Å². The summed E-state index contributed by atoms with van der Waals surface area (Å²) in [7, 11) is 0. The van der Waals surface area contributed by atoms with E-state index in [1.165, 1.54) is 6.42 Å². The fourth-order valence-electron chi connectivity index (χ4n) is 2.63. The fraction of sp³-hybridized carbons (Fsp3) is 0.643. The predicted octanol–water partition coefficient (Wildman–Crippen LogP) is 2.53. The number of aromatic nitrogens is 1. The molecule has 0 spiro atoms. The number of carbonyl (C=O) groups excluding carboxylic acids is 1. The number of thiazole rings is 1. The Bertz CT molecular complexity index is 530. The van der Waals surface area contributed by atoms with Crippen LogP contribution >= 0.6 is 11.3 Å². The molecule has 1 saturated carbocycles. The lowest BCUT2D eigenvalue weighted by Gasteiger charge is -2.29. The Morgan fingerprint density at radius 3 is 2.71 bits per heavy atom. The van der Waals surface area contributed by atoms with E-state index in [1.807, 2.05) is 0 Å². The summed E-state index contributed by atoms with van der Waals surface area (Å²) in [6.07, 6.45) is 4.56. The zero-order valence-corrected chi connectivity index (χ0v) is 13.1. The van der Waals surface area contributed by atoms with Gasteiger partial charge in [-0.05, 0) is 25.7 Å². The largest absolute Gasteiger partial charge is 0.477 e. The summed E-state index contributed by atoms with van der Waals surface area (Å²) < 4.78 is 0. The van der Waals surface area contributed by atoms with Gasteiger partial charge < -0.3 is 15.7 Å². The van der Waals surface area contributed by atoms with Crippen molar-refractivity contribution in [1.29, 1.82) is 0 Å². The summed E-state index contributed by atoms with van der Waals surface area (Å²) in [5.74, 6) is -0.470. The van der Waals surface area contributed by atoms with Crippen molar-refractivity contribution in [2.24, 2.45) is 5.92 Å². The van der Waals surface area contributed by atoms with Crippen LogP contribution in [0, 0.1) is 12.8 Å². The van der Waals surface area contributed by atoms with Crippen molar-refractivity contribution in [3.63, 3.8) is 0 Å². The number of aryl methyl sites for hydroxylation is 1. The molecular formula is C14H21N3O3S. The van der Waals surface area contributed by atoms with E-state index in [0.717, 1.165) is 30.6 Å². The molecule has 1 aliphatic rings. The van der Waals surface area contributed by atoms with Crippen LogP contribution in [0.1, 0.15) is 53.0 Å². The minimum absolute atomic E-state index is 0.210. The molecule has 1 heterocycles. The minimum Gasteiger partial charge on any atom is -0.477 e. The van der Waals surface area contributed by atoms with E-state index in [1.54, 1.807) is 6.92 Å². The second-order valence-corrected chi connectivity index (χ2v) is 6.61. The number of carbonyl (C=O) groups is 2. The number of nitrogens with zero attached hydrogens (tertiary/aromatic N) is 1. The fourth-order valence-corrected chi connectivity index (χ4v) is 3.48. The average molecular weight is 311 g/mol. The second kappa shape index (κ2) is 6.89. The molecule has 0 bridgehead atoms. The molecular weight excluding hydrogens is 290 g/mol. The molecule has 0 aromatic carbocycles. The van der Waals surface area contributed by atoms with E-state index in [0.29, 0.717) is 16.6 Å². The number of hydrogen-bond donors (Lipinski definition) is 3. The van der Waals surface area contributed by atoms with Crippen molar-refractivity contribution in [3.05, 3.63) is 15.6 Å². The van der Waals surface area contributed by atoms with E-state index < -0.39 is 5.97 Å². The molecule has 21 heavy (non-hydrogen) atoms. The first-order valence-corrected chi connectivity index (χ1v) is 8.03. The van der Waals surface area contributed by atoms with Gasteiger partial charge in [0.1, 0.15) is 9.88 Å². The normalized spacial score (nSPS) is 21.8. The van der Waals surface area contributed by atoms with Gasteiger partial charge >= 0.3 is 12.0 Å². The number of nitrogens with one attached hydrogen (secondary N) is 2. The van der Waals surface area contributed by atoms with E-state index in [9.17, 15) is 9.59 Å². The highest BCUT2D eigenvalue weighted by Crippen LogP contribution is 2.23. The maximum absolute atomic E-state index is 11.9. The molecule has 2 amide bonds. The van der Waals surface area contributed by atoms with Crippen molar-refractivity contribution in [2.75, 3.05) is 0 Å². The van der Waals surface area contributed by atoms with Crippen molar-refractivity contribution in [3.8, 4) is 0 Å². The Hall–Kier alpha value is -1.63. The van der Waals surface area contributed by atoms with E-state index in [-0.39, 0.29) is 23.5 Å². The van der Waals surface area contributed by atoms with Crippen LogP contribution in [0.15, 0.2) is 0 Å². The van der Waals surface area contributed by atoms with Crippen LogP contribution in [0.3, 0.4) is 0 Å². The highest BCUT2D eigenvalue weighted by atomic mass is 32.1. The Morgan fingerprint density at radius 1 is 1.38 bits per heavy atom. The smallest absolute Gasteiger partial charge is 0.347 e. The van der Waals surface area contributed by atoms with Crippen molar-refractivity contribution in [1.82, 2.24) is 15.6 Å². The molecule has 1 aliphatic carbocycles. The van der Waals surface area contributed by atoms with Gasteiger partial charge in [0.05, 0.1) is 12.2 Å². The Kier molecular flexibility index (Phi) is 5.17. The zero-order valence-electron chi connectivity index (χ0n) is 12.3. The quantitative estimate of drug-likeness (QED) is 0.797. The topological polar surface area (TPSA) is 91.3 Å². The van der Waals surface area contributed by atoms with Crippen molar-refractivity contribution < 1.29 is 14.7 Å². The third-order valence-corrected chi connectivity index (χ3v) is 5.01. The third kappa shape index (κ3) is 4.17. The SMILES string of the molecule is Cc1nc(CNC(=O)NC2CCCCC2C)sc1C(=O)O. The summed E-state index contributed by atoms with van der Waals surface area (Å²) >= 11 is 1.10. The predicted molar refractivity (Wildman–Crippen MR) is 80.6 cm³/mol. The number of carboxylic acid groups (broad SMARTS) is 1. The molecule has 2 atom stereocenters. The summed E-state index contributed by atoms with van der Waals surface area (Å²) in [6.45, 7) is 4.08. The Balaban J connectivity index is 1.83. The molecule has 2 unspecified atom stereocenters. The molecule has 7 heteroatoms. The van der Waals surface area contributed by atoms with Crippen LogP contribution in [0.25, 0.3) is 0 Å². The maximum atomic E-state index is 11.9. The van der Waals surface area contributed by atoms with E-state index in [2.05, 4.69) is 22.5 Å². The highest BCUT2D eigenvalue weighted by molar-refractivity contribution is 7.13. The Morgan fingerprint density at radius 2 is 2.10 bits per heavy atom. The summed E-state index contributed by atoms with van der Waals surface area (Å²) in [5.41, 5.74) is 0.491. The third-order valence-electron chi connectivity index (χ3n) is 3.86. The number of hydrogen-bond acceptors (Lipinski definition) is 4. The molecule has 0 radical (unpaired) electrons. The van der Waals surface area contributed by atoms with Crippen molar-refractivity contribution >= 4 is 23.3 Å². The van der Waals surface area contributed by atoms with Gasteiger partial charge in [0.15, 0.2) is 0 Å². The summed E-state index contributed by atoms with van der Waals surface area (Å²) in [5, 5.41) is 15.3. The molecule has 6 nitrogen and oxygen atoms in total. The van der Waals surface area contributed by atoms with E-state index in [4.69, 9.17) is 5.11 Å². The first-order valence-electron chi connectivity index (χ1n) is 7.21. The van der Waals surface area contributed by atoms with Gasteiger partial charge in [-0.3, -0.25) is 0 Å². The first-order chi connectivity index (χ1) is 9.97. The van der Waals surface area contributed by atoms with Gasteiger partial charge in [-0.2, -0.15) is 0 Å². The summed E-state index contributed by atoms with van der Waals surface area (Å²) in [6, 6.07) is 0.0184.